The molecular weight excluding hydrogens is 314 g/mol. The molecule has 0 fully saturated rings. The molecule has 0 unspecified atom stereocenters. The molecule has 120 valence electrons. The summed E-state index contributed by atoms with van der Waals surface area (Å²) in [4.78, 5) is 22.7. The Labute approximate surface area is 139 Å². The van der Waals surface area contributed by atoms with Gasteiger partial charge in [-0.1, -0.05) is 35.9 Å². The van der Waals surface area contributed by atoms with Crippen LogP contribution in [0.5, 0.6) is 0 Å². The van der Waals surface area contributed by atoms with E-state index in [9.17, 15) is 9.59 Å². The van der Waals surface area contributed by atoms with E-state index in [1.54, 1.807) is 24.3 Å². The van der Waals surface area contributed by atoms with Gasteiger partial charge >= 0.3 is 6.03 Å². The molecule has 23 heavy (non-hydrogen) atoms. The number of benzene rings is 2. The van der Waals surface area contributed by atoms with Gasteiger partial charge in [0.1, 0.15) is 0 Å². The monoisotopic (exact) mass is 331 g/mol. The van der Waals surface area contributed by atoms with E-state index in [-0.39, 0.29) is 5.91 Å². The summed E-state index contributed by atoms with van der Waals surface area (Å²) in [6, 6.07) is 14.0. The lowest BCUT2D eigenvalue weighted by Crippen LogP contribution is -2.28. The lowest BCUT2D eigenvalue weighted by molar-refractivity contribution is 0.0954. The minimum atomic E-state index is -0.576. The van der Waals surface area contributed by atoms with Gasteiger partial charge in [-0.15, -0.1) is 0 Å². The highest BCUT2D eigenvalue weighted by molar-refractivity contribution is 6.30. The van der Waals surface area contributed by atoms with Crippen molar-refractivity contribution < 1.29 is 9.59 Å². The predicted molar refractivity (Wildman–Crippen MR) is 90.4 cm³/mol. The van der Waals surface area contributed by atoms with Crippen LogP contribution in [-0.2, 0) is 13.0 Å². The minimum absolute atomic E-state index is 0.138. The molecule has 6 heteroatoms. The number of primary amides is 1. The highest BCUT2D eigenvalue weighted by Gasteiger charge is 2.05. The number of hydrogen-bond acceptors (Lipinski definition) is 2. The van der Waals surface area contributed by atoms with Crippen LogP contribution in [0.1, 0.15) is 21.5 Å². The van der Waals surface area contributed by atoms with Gasteiger partial charge in [-0.25, -0.2) is 4.79 Å². The van der Waals surface area contributed by atoms with E-state index in [0.717, 1.165) is 11.1 Å². The predicted octanol–water partition coefficient (Wildman–Crippen LogP) is 2.48. The number of urea groups is 1. The average Bonchev–Trinajstić information content (AvgIpc) is 2.53. The normalized spacial score (nSPS) is 10.1. The van der Waals surface area contributed by atoms with E-state index < -0.39 is 6.03 Å². The molecule has 2 aromatic rings. The maximum atomic E-state index is 12.1. The van der Waals surface area contributed by atoms with Crippen LogP contribution in [0.25, 0.3) is 0 Å². The van der Waals surface area contributed by atoms with E-state index >= 15 is 0 Å². The molecule has 4 N–H and O–H groups in total. The number of rotatable bonds is 6. The van der Waals surface area contributed by atoms with Crippen LogP contribution in [0.15, 0.2) is 48.5 Å². The number of halogens is 1. The first-order chi connectivity index (χ1) is 11.0. The molecule has 0 aliphatic heterocycles. The molecule has 0 spiro atoms. The second-order valence-electron chi connectivity index (χ2n) is 5.05. The fraction of sp³-hybridized carbons (Fsp3) is 0.176. The van der Waals surface area contributed by atoms with Gasteiger partial charge in [-0.3, -0.25) is 4.79 Å². The summed E-state index contributed by atoms with van der Waals surface area (Å²) in [5.74, 6) is -0.138. The van der Waals surface area contributed by atoms with Crippen molar-refractivity contribution in [3.8, 4) is 0 Å². The quantitative estimate of drug-likeness (QED) is 0.759. The van der Waals surface area contributed by atoms with E-state index in [2.05, 4.69) is 10.6 Å². The number of nitrogens with one attached hydrogen (secondary N) is 2. The summed E-state index contributed by atoms with van der Waals surface area (Å²) in [6.45, 7) is 0.871. The first kappa shape index (κ1) is 16.8. The van der Waals surface area contributed by atoms with Crippen molar-refractivity contribution >= 4 is 23.5 Å². The van der Waals surface area contributed by atoms with Crippen molar-refractivity contribution in [1.82, 2.24) is 10.6 Å². The third kappa shape index (κ3) is 5.64. The van der Waals surface area contributed by atoms with Crippen LogP contribution in [0, 0.1) is 0 Å². The number of hydrogen-bond donors (Lipinski definition) is 3. The van der Waals surface area contributed by atoms with Gasteiger partial charge < -0.3 is 16.4 Å². The number of carbonyl (C=O) groups is 2. The molecule has 5 nitrogen and oxygen atoms in total. The summed E-state index contributed by atoms with van der Waals surface area (Å²) >= 11 is 5.92. The molecule has 0 aromatic heterocycles. The van der Waals surface area contributed by atoms with Crippen LogP contribution in [0.2, 0.25) is 5.02 Å². The van der Waals surface area contributed by atoms with Gasteiger partial charge in [0.25, 0.3) is 5.91 Å². The van der Waals surface area contributed by atoms with Crippen LogP contribution >= 0.6 is 11.6 Å². The zero-order valence-corrected chi connectivity index (χ0v) is 13.3. The van der Waals surface area contributed by atoms with Crippen LogP contribution < -0.4 is 16.4 Å². The Kier molecular flexibility index (Phi) is 6.00. The molecule has 0 bridgehead atoms. The fourth-order valence-electron chi connectivity index (χ4n) is 2.08. The molecule has 0 aliphatic rings. The molecule has 2 aromatic carbocycles. The van der Waals surface area contributed by atoms with E-state index in [0.29, 0.717) is 30.1 Å². The minimum Gasteiger partial charge on any atom is -0.352 e. The van der Waals surface area contributed by atoms with Crippen LogP contribution in [0.3, 0.4) is 0 Å². The Morgan fingerprint density at radius 1 is 1.00 bits per heavy atom. The third-order valence-electron chi connectivity index (χ3n) is 3.27. The largest absolute Gasteiger partial charge is 0.352 e. The summed E-state index contributed by atoms with van der Waals surface area (Å²) in [5, 5.41) is 6.05. The number of amides is 3. The van der Waals surface area contributed by atoms with Crippen molar-refractivity contribution in [3.63, 3.8) is 0 Å². The lowest BCUT2D eigenvalue weighted by Gasteiger charge is -2.07. The molecule has 2 rings (SSSR count). The van der Waals surface area contributed by atoms with Crippen molar-refractivity contribution in [1.29, 1.82) is 0 Å². The smallest absolute Gasteiger partial charge is 0.312 e. The van der Waals surface area contributed by atoms with E-state index in [1.807, 2.05) is 24.3 Å². The number of carbonyl (C=O) groups excluding carboxylic acids is 2. The Balaban J connectivity index is 1.82. The zero-order chi connectivity index (χ0) is 16.7. The SMILES string of the molecule is NC(=O)NCc1ccc(C(=O)NCCc2cccc(Cl)c2)cc1. The van der Waals surface area contributed by atoms with Gasteiger partial charge in [0.15, 0.2) is 0 Å². The van der Waals surface area contributed by atoms with E-state index in [1.165, 1.54) is 0 Å². The molecule has 0 saturated carbocycles. The van der Waals surface area contributed by atoms with Crippen LogP contribution in [0.4, 0.5) is 4.79 Å². The standard InChI is InChI=1S/C17H18ClN3O2/c18-15-3-1-2-12(10-15)8-9-20-16(22)14-6-4-13(5-7-14)11-21-17(19)23/h1-7,10H,8-9,11H2,(H,20,22)(H3,19,21,23). The van der Waals surface area contributed by atoms with Gasteiger partial charge in [0, 0.05) is 23.7 Å². The van der Waals surface area contributed by atoms with Crippen molar-refractivity contribution in [2.75, 3.05) is 6.54 Å². The fourth-order valence-corrected chi connectivity index (χ4v) is 2.29. The highest BCUT2D eigenvalue weighted by atomic mass is 35.5. The summed E-state index contributed by atoms with van der Waals surface area (Å²) in [7, 11) is 0. The van der Waals surface area contributed by atoms with Crippen LogP contribution in [-0.4, -0.2) is 18.5 Å². The molecule has 0 radical (unpaired) electrons. The highest BCUT2D eigenvalue weighted by Crippen LogP contribution is 2.11. The Hall–Kier alpha value is -2.53. The molecule has 0 aliphatic carbocycles. The van der Waals surface area contributed by atoms with E-state index in [4.69, 9.17) is 17.3 Å². The lowest BCUT2D eigenvalue weighted by atomic mass is 10.1. The Morgan fingerprint density at radius 2 is 1.74 bits per heavy atom. The van der Waals surface area contributed by atoms with Gasteiger partial charge in [-0.05, 0) is 41.8 Å². The third-order valence-corrected chi connectivity index (χ3v) is 3.51. The molecule has 3 amide bonds. The molecule has 0 heterocycles. The maximum absolute atomic E-state index is 12.1. The second-order valence-corrected chi connectivity index (χ2v) is 5.49. The Bertz CT molecular complexity index is 686. The summed E-state index contributed by atoms with van der Waals surface area (Å²) in [6.07, 6.45) is 0.715. The molecule has 0 atom stereocenters. The first-order valence-electron chi connectivity index (χ1n) is 7.19. The summed E-state index contributed by atoms with van der Waals surface area (Å²) < 4.78 is 0. The molecule has 0 saturated heterocycles. The summed E-state index contributed by atoms with van der Waals surface area (Å²) in [5.41, 5.74) is 7.53. The molecular formula is C17H18ClN3O2. The first-order valence-corrected chi connectivity index (χ1v) is 7.57. The maximum Gasteiger partial charge on any atom is 0.312 e. The average molecular weight is 332 g/mol. The zero-order valence-electron chi connectivity index (χ0n) is 12.5. The Morgan fingerprint density at radius 3 is 2.39 bits per heavy atom. The number of nitrogens with two attached hydrogens (primary N) is 1. The van der Waals surface area contributed by atoms with Crippen molar-refractivity contribution in [3.05, 3.63) is 70.2 Å². The van der Waals surface area contributed by atoms with Gasteiger partial charge in [-0.2, -0.15) is 0 Å². The van der Waals surface area contributed by atoms with Crippen molar-refractivity contribution in [2.24, 2.45) is 5.73 Å². The van der Waals surface area contributed by atoms with Gasteiger partial charge in [0.2, 0.25) is 0 Å². The second kappa shape index (κ2) is 8.19. The topological polar surface area (TPSA) is 84.2 Å². The van der Waals surface area contributed by atoms with Gasteiger partial charge in [0.05, 0.1) is 0 Å². The van der Waals surface area contributed by atoms with Crippen molar-refractivity contribution in [2.45, 2.75) is 13.0 Å².